The Kier molecular flexibility index (Phi) is 2.14. The molecule has 0 aliphatic heterocycles. The van der Waals surface area contributed by atoms with Crippen molar-refractivity contribution in [2.24, 2.45) is 0 Å². The number of hydrogen-bond acceptors (Lipinski definition) is 3. The molecule has 0 unspecified atom stereocenters. The highest BCUT2D eigenvalue weighted by molar-refractivity contribution is 7.20. The highest BCUT2D eigenvalue weighted by Crippen LogP contribution is 2.33. The Balaban J connectivity index is 2.80. The number of hydrogen-bond donors (Lipinski definition) is 1. The average Bonchev–Trinajstić information content (AvgIpc) is 2.56. The molecule has 3 heteroatoms. The average molecular weight is 203 g/mol. The van der Waals surface area contributed by atoms with E-state index in [1.807, 2.05) is 12.1 Å². The predicted molar refractivity (Wildman–Crippen MR) is 57.6 cm³/mol. The maximum atomic E-state index is 9.35. The van der Waals surface area contributed by atoms with Gasteiger partial charge < -0.3 is 5.11 Å². The second-order valence-electron chi connectivity index (χ2n) is 3.11. The summed E-state index contributed by atoms with van der Waals surface area (Å²) in [5, 5.41) is 19.5. The molecule has 1 heterocycles. The van der Waals surface area contributed by atoms with E-state index in [9.17, 15) is 5.11 Å². The summed E-state index contributed by atoms with van der Waals surface area (Å²) >= 11 is 1.26. The van der Waals surface area contributed by atoms with Crippen molar-refractivity contribution >= 4 is 21.4 Å². The van der Waals surface area contributed by atoms with Gasteiger partial charge in [-0.05, 0) is 29.5 Å². The first-order chi connectivity index (χ1) is 6.74. The smallest absolute Gasteiger partial charge is 0.172 e. The van der Waals surface area contributed by atoms with Crippen molar-refractivity contribution < 1.29 is 5.11 Å². The van der Waals surface area contributed by atoms with Gasteiger partial charge in [-0.25, -0.2) is 0 Å². The first-order valence-electron chi connectivity index (χ1n) is 4.40. The maximum Gasteiger partial charge on any atom is 0.172 e. The van der Waals surface area contributed by atoms with E-state index in [-0.39, 0.29) is 5.06 Å². The van der Waals surface area contributed by atoms with Gasteiger partial charge in [-0.2, -0.15) is 5.26 Å². The molecule has 0 fully saturated rings. The van der Waals surface area contributed by atoms with E-state index >= 15 is 0 Å². The molecule has 2 nitrogen and oxygen atoms in total. The van der Waals surface area contributed by atoms with Crippen LogP contribution in [0.5, 0.6) is 5.06 Å². The van der Waals surface area contributed by atoms with E-state index in [1.165, 1.54) is 11.3 Å². The summed E-state index contributed by atoms with van der Waals surface area (Å²) in [6, 6.07) is 7.77. The van der Waals surface area contributed by atoms with E-state index in [2.05, 4.69) is 13.0 Å². The second kappa shape index (κ2) is 3.32. The first kappa shape index (κ1) is 9.04. The molecule has 1 N–H and O–H groups in total. The van der Waals surface area contributed by atoms with Gasteiger partial charge in [0.2, 0.25) is 0 Å². The Bertz CT molecular complexity index is 522. The van der Waals surface area contributed by atoms with Gasteiger partial charge in [0.05, 0.1) is 10.3 Å². The molecule has 0 atom stereocenters. The predicted octanol–water partition coefficient (Wildman–Crippen LogP) is 3.04. The van der Waals surface area contributed by atoms with Gasteiger partial charge in [-0.1, -0.05) is 24.3 Å². The minimum Gasteiger partial charge on any atom is -0.499 e. The zero-order valence-corrected chi connectivity index (χ0v) is 8.56. The van der Waals surface area contributed by atoms with Crippen LogP contribution in [0.25, 0.3) is 10.1 Å². The monoisotopic (exact) mass is 203 g/mol. The number of fused-ring (bicyclic) bond motifs is 1. The van der Waals surface area contributed by atoms with E-state index in [0.717, 1.165) is 22.1 Å². The third-order valence-electron chi connectivity index (χ3n) is 2.19. The van der Waals surface area contributed by atoms with E-state index in [0.29, 0.717) is 5.56 Å². The standard InChI is InChI=1S/C11H9NOS/c1-2-7-3-8-5-10(13)14-11(8)9(4-7)6-12/h3-5,13H,2H2,1H3. The topological polar surface area (TPSA) is 44.0 Å². The molecule has 0 radical (unpaired) electrons. The summed E-state index contributed by atoms with van der Waals surface area (Å²) in [5.41, 5.74) is 1.79. The third-order valence-corrected chi connectivity index (χ3v) is 3.18. The number of aromatic hydroxyl groups is 1. The molecule has 70 valence electrons. The van der Waals surface area contributed by atoms with Gasteiger partial charge in [-0.3, -0.25) is 0 Å². The van der Waals surface area contributed by atoms with E-state index in [4.69, 9.17) is 5.26 Å². The summed E-state index contributed by atoms with van der Waals surface area (Å²) in [7, 11) is 0. The molecule has 0 aliphatic carbocycles. The van der Waals surface area contributed by atoms with Crippen LogP contribution in [0.1, 0.15) is 18.1 Å². The van der Waals surface area contributed by atoms with Crippen LogP contribution >= 0.6 is 11.3 Å². The first-order valence-corrected chi connectivity index (χ1v) is 5.21. The number of thiophene rings is 1. The number of rotatable bonds is 1. The van der Waals surface area contributed by atoms with Crippen molar-refractivity contribution in [2.45, 2.75) is 13.3 Å². The molecule has 2 aromatic rings. The van der Waals surface area contributed by atoms with Crippen LogP contribution in [-0.2, 0) is 6.42 Å². The second-order valence-corrected chi connectivity index (χ2v) is 4.14. The fourth-order valence-corrected chi connectivity index (χ4v) is 2.33. The third kappa shape index (κ3) is 1.34. The van der Waals surface area contributed by atoms with Crippen LogP contribution in [0, 0.1) is 11.3 Å². The number of nitrogens with zero attached hydrogens (tertiary/aromatic N) is 1. The van der Waals surface area contributed by atoms with Gasteiger partial charge in [0.25, 0.3) is 0 Å². The normalized spacial score (nSPS) is 10.3. The van der Waals surface area contributed by atoms with Gasteiger partial charge in [0.15, 0.2) is 5.06 Å². The molecule has 0 saturated heterocycles. The fourth-order valence-electron chi connectivity index (χ4n) is 1.49. The molecule has 0 aliphatic rings. The van der Waals surface area contributed by atoms with Crippen LogP contribution in [0.4, 0.5) is 0 Å². The van der Waals surface area contributed by atoms with Gasteiger partial charge >= 0.3 is 0 Å². The van der Waals surface area contributed by atoms with Crippen LogP contribution in [0.3, 0.4) is 0 Å². The number of benzene rings is 1. The molecule has 1 aromatic carbocycles. The summed E-state index contributed by atoms with van der Waals surface area (Å²) in [6.45, 7) is 2.05. The SMILES string of the molecule is CCc1cc(C#N)c2sc(O)cc2c1. The Morgan fingerprint density at radius 1 is 1.43 bits per heavy atom. The Hall–Kier alpha value is -1.53. The van der Waals surface area contributed by atoms with Crippen LogP contribution in [-0.4, -0.2) is 5.11 Å². The fraction of sp³-hybridized carbons (Fsp3) is 0.182. The summed E-state index contributed by atoms with van der Waals surface area (Å²) < 4.78 is 0.877. The molecule has 0 amide bonds. The zero-order chi connectivity index (χ0) is 10.1. The quantitative estimate of drug-likeness (QED) is 0.774. The Labute approximate surface area is 86.0 Å². The molecule has 2 rings (SSSR count). The minimum absolute atomic E-state index is 0.268. The lowest BCUT2D eigenvalue weighted by Gasteiger charge is -1.98. The summed E-state index contributed by atoms with van der Waals surface area (Å²) in [4.78, 5) is 0. The Morgan fingerprint density at radius 3 is 2.86 bits per heavy atom. The van der Waals surface area contributed by atoms with Crippen LogP contribution in [0.15, 0.2) is 18.2 Å². The van der Waals surface area contributed by atoms with Gasteiger partial charge in [-0.15, -0.1) is 0 Å². The van der Waals surface area contributed by atoms with Crippen molar-refractivity contribution in [3.8, 4) is 11.1 Å². The lowest BCUT2D eigenvalue weighted by atomic mass is 10.1. The van der Waals surface area contributed by atoms with Crippen LogP contribution < -0.4 is 0 Å². The molecule has 0 spiro atoms. The highest BCUT2D eigenvalue weighted by Gasteiger charge is 2.07. The summed E-state index contributed by atoms with van der Waals surface area (Å²) in [5.74, 6) is 0. The van der Waals surface area contributed by atoms with Crippen molar-refractivity contribution in [1.29, 1.82) is 5.26 Å². The number of aryl methyl sites for hydroxylation is 1. The molecule has 14 heavy (non-hydrogen) atoms. The molecule has 0 bridgehead atoms. The zero-order valence-electron chi connectivity index (χ0n) is 7.74. The van der Waals surface area contributed by atoms with E-state index in [1.54, 1.807) is 6.07 Å². The molecule has 1 aromatic heterocycles. The maximum absolute atomic E-state index is 9.35. The Morgan fingerprint density at radius 2 is 2.21 bits per heavy atom. The van der Waals surface area contributed by atoms with Crippen molar-refractivity contribution in [1.82, 2.24) is 0 Å². The van der Waals surface area contributed by atoms with E-state index < -0.39 is 0 Å². The van der Waals surface area contributed by atoms with Crippen molar-refractivity contribution in [2.75, 3.05) is 0 Å². The number of nitriles is 1. The van der Waals surface area contributed by atoms with Crippen molar-refractivity contribution in [3.63, 3.8) is 0 Å². The van der Waals surface area contributed by atoms with Crippen LogP contribution in [0.2, 0.25) is 0 Å². The lowest BCUT2D eigenvalue weighted by molar-refractivity contribution is 0.491. The van der Waals surface area contributed by atoms with Gasteiger partial charge in [0, 0.05) is 0 Å². The molecular weight excluding hydrogens is 194 g/mol. The minimum atomic E-state index is 0.268. The molecular formula is C11H9NOS. The van der Waals surface area contributed by atoms with Gasteiger partial charge in [0.1, 0.15) is 6.07 Å². The lowest BCUT2D eigenvalue weighted by Crippen LogP contribution is -1.82. The largest absolute Gasteiger partial charge is 0.499 e. The summed E-state index contributed by atoms with van der Waals surface area (Å²) in [6.07, 6.45) is 0.904. The molecule has 0 saturated carbocycles. The van der Waals surface area contributed by atoms with Crippen molar-refractivity contribution in [3.05, 3.63) is 29.3 Å². The highest BCUT2D eigenvalue weighted by atomic mass is 32.1.